The largest absolute Gasteiger partial charge is 0.497 e. The van der Waals surface area contributed by atoms with Crippen molar-refractivity contribution in [3.63, 3.8) is 0 Å². The van der Waals surface area contributed by atoms with E-state index in [4.69, 9.17) is 4.74 Å². The van der Waals surface area contributed by atoms with Crippen molar-refractivity contribution in [2.24, 2.45) is 5.41 Å². The molecule has 0 unspecified atom stereocenters. The molecule has 0 bridgehead atoms. The van der Waals surface area contributed by atoms with Crippen LogP contribution >= 0.6 is 0 Å². The molecule has 0 atom stereocenters. The van der Waals surface area contributed by atoms with Gasteiger partial charge in [0, 0.05) is 30.1 Å². The average Bonchev–Trinajstić information content (AvgIpc) is 2.68. The molecule has 0 fully saturated rings. The molecule has 2 aromatic carbocycles. The van der Waals surface area contributed by atoms with Crippen LogP contribution in [0.25, 0.3) is 22.3 Å². The zero-order valence-corrected chi connectivity index (χ0v) is 16.0. The van der Waals surface area contributed by atoms with Crippen molar-refractivity contribution in [2.45, 2.75) is 20.4 Å². The van der Waals surface area contributed by atoms with Crippen LogP contribution in [0.5, 0.6) is 5.75 Å². The smallest absolute Gasteiger partial charge is 0.252 e. The van der Waals surface area contributed by atoms with Gasteiger partial charge in [0.25, 0.3) is 5.56 Å². The normalized spacial score (nSPS) is 14.9. The molecule has 0 spiro atoms. The predicted molar refractivity (Wildman–Crippen MR) is 110 cm³/mol. The molecule has 4 heteroatoms. The van der Waals surface area contributed by atoms with Crippen LogP contribution in [0, 0.1) is 5.41 Å². The third-order valence-electron chi connectivity index (χ3n) is 5.09. The molecule has 4 nitrogen and oxygen atoms in total. The fourth-order valence-electron chi connectivity index (χ4n) is 3.69. The maximum absolute atomic E-state index is 12.9. The summed E-state index contributed by atoms with van der Waals surface area (Å²) in [6, 6.07) is 19.9. The molecule has 0 aliphatic carbocycles. The summed E-state index contributed by atoms with van der Waals surface area (Å²) in [7, 11) is 1.66. The molecular weight excluding hydrogens is 336 g/mol. The summed E-state index contributed by atoms with van der Waals surface area (Å²) in [4.78, 5) is 12.9. The number of nitrogens with one attached hydrogen (secondary N) is 1. The van der Waals surface area contributed by atoms with E-state index in [2.05, 4.69) is 19.2 Å². The highest BCUT2D eigenvalue weighted by molar-refractivity contribution is 5.90. The Morgan fingerprint density at radius 2 is 1.70 bits per heavy atom. The number of anilines is 1. The monoisotopic (exact) mass is 360 g/mol. The molecule has 0 saturated carbocycles. The van der Waals surface area contributed by atoms with Gasteiger partial charge < -0.3 is 10.1 Å². The SMILES string of the molecule is COc1ccc(-c2c(-c3ccccc3)cc(=O)n3c2NCC(C)(C)C3)cc1. The van der Waals surface area contributed by atoms with Crippen molar-refractivity contribution in [3.8, 4) is 28.0 Å². The molecule has 0 amide bonds. The third kappa shape index (κ3) is 3.23. The highest BCUT2D eigenvalue weighted by Crippen LogP contribution is 2.40. The van der Waals surface area contributed by atoms with Crippen molar-refractivity contribution >= 4 is 5.82 Å². The van der Waals surface area contributed by atoms with Gasteiger partial charge in [0.15, 0.2) is 0 Å². The minimum absolute atomic E-state index is 0.0291. The molecule has 2 heterocycles. The first-order valence-electron chi connectivity index (χ1n) is 9.20. The number of ether oxygens (including phenoxy) is 1. The van der Waals surface area contributed by atoms with Gasteiger partial charge in [0.1, 0.15) is 11.6 Å². The van der Waals surface area contributed by atoms with Crippen LogP contribution in [0.2, 0.25) is 0 Å². The van der Waals surface area contributed by atoms with Crippen LogP contribution in [0.4, 0.5) is 5.82 Å². The number of aromatic nitrogens is 1. The number of benzene rings is 2. The van der Waals surface area contributed by atoms with E-state index < -0.39 is 0 Å². The van der Waals surface area contributed by atoms with Crippen molar-refractivity contribution in [1.82, 2.24) is 4.57 Å². The summed E-state index contributed by atoms with van der Waals surface area (Å²) in [6.45, 7) is 5.88. The van der Waals surface area contributed by atoms with Gasteiger partial charge in [0.05, 0.1) is 7.11 Å². The number of methoxy groups -OCH3 is 1. The quantitative estimate of drug-likeness (QED) is 0.740. The lowest BCUT2D eigenvalue weighted by Crippen LogP contribution is -2.40. The molecule has 138 valence electrons. The molecule has 1 aliphatic heterocycles. The van der Waals surface area contributed by atoms with E-state index in [1.54, 1.807) is 13.2 Å². The van der Waals surface area contributed by atoms with Gasteiger partial charge in [-0.2, -0.15) is 0 Å². The highest BCUT2D eigenvalue weighted by Gasteiger charge is 2.29. The Bertz CT molecular complexity index is 1020. The minimum atomic E-state index is 0.0291. The first kappa shape index (κ1) is 17.4. The van der Waals surface area contributed by atoms with Crippen LogP contribution in [0.1, 0.15) is 13.8 Å². The molecule has 1 aliphatic rings. The van der Waals surface area contributed by atoms with Crippen molar-refractivity contribution < 1.29 is 4.74 Å². The Balaban J connectivity index is 1.99. The Hall–Kier alpha value is -3.01. The van der Waals surface area contributed by atoms with E-state index in [1.165, 1.54) is 0 Å². The van der Waals surface area contributed by atoms with Crippen molar-refractivity contribution in [2.75, 3.05) is 19.0 Å². The molecule has 3 aromatic rings. The third-order valence-corrected chi connectivity index (χ3v) is 5.09. The summed E-state index contributed by atoms with van der Waals surface area (Å²) in [5, 5.41) is 3.53. The topological polar surface area (TPSA) is 43.3 Å². The first-order chi connectivity index (χ1) is 13.0. The zero-order valence-electron chi connectivity index (χ0n) is 16.0. The number of fused-ring (bicyclic) bond motifs is 1. The van der Waals surface area contributed by atoms with Crippen molar-refractivity contribution in [1.29, 1.82) is 0 Å². The molecular formula is C23H24N2O2. The number of pyridine rings is 1. The fourth-order valence-corrected chi connectivity index (χ4v) is 3.69. The van der Waals surface area contributed by atoms with Gasteiger partial charge >= 0.3 is 0 Å². The molecule has 4 rings (SSSR count). The van der Waals surface area contributed by atoms with Crippen molar-refractivity contribution in [3.05, 3.63) is 71.0 Å². The van der Waals surface area contributed by atoms with Gasteiger partial charge in [-0.25, -0.2) is 0 Å². The fraction of sp³-hybridized carbons (Fsp3) is 0.261. The summed E-state index contributed by atoms with van der Waals surface area (Å²) >= 11 is 0. The first-order valence-corrected chi connectivity index (χ1v) is 9.20. The van der Waals surface area contributed by atoms with Gasteiger partial charge in [-0.3, -0.25) is 9.36 Å². The summed E-state index contributed by atoms with van der Waals surface area (Å²) in [6.07, 6.45) is 0. The second-order valence-corrected chi connectivity index (χ2v) is 7.82. The minimum Gasteiger partial charge on any atom is -0.497 e. The lowest BCUT2D eigenvalue weighted by atomic mass is 9.89. The van der Waals surface area contributed by atoms with Crippen LogP contribution < -0.4 is 15.6 Å². The van der Waals surface area contributed by atoms with E-state index in [0.29, 0.717) is 6.54 Å². The average molecular weight is 360 g/mol. The summed E-state index contributed by atoms with van der Waals surface area (Å²) in [5.41, 5.74) is 4.16. The zero-order chi connectivity index (χ0) is 19.0. The highest BCUT2D eigenvalue weighted by atomic mass is 16.5. The number of hydrogen-bond acceptors (Lipinski definition) is 3. The Morgan fingerprint density at radius 1 is 1.00 bits per heavy atom. The van der Waals surface area contributed by atoms with Gasteiger partial charge in [-0.05, 0) is 28.8 Å². The molecule has 27 heavy (non-hydrogen) atoms. The van der Waals surface area contributed by atoms with Crippen LogP contribution in [-0.4, -0.2) is 18.2 Å². The summed E-state index contributed by atoms with van der Waals surface area (Å²) in [5.74, 6) is 1.71. The number of nitrogens with zero attached hydrogens (tertiary/aromatic N) is 1. The van der Waals surface area contributed by atoms with E-state index in [1.807, 2.05) is 59.2 Å². The number of hydrogen-bond donors (Lipinski definition) is 1. The molecule has 1 aromatic heterocycles. The molecule has 1 N–H and O–H groups in total. The lowest BCUT2D eigenvalue weighted by Gasteiger charge is -2.35. The van der Waals surface area contributed by atoms with Gasteiger partial charge in [0.2, 0.25) is 0 Å². The second kappa shape index (κ2) is 6.62. The van der Waals surface area contributed by atoms with Crippen LogP contribution in [0.3, 0.4) is 0 Å². The predicted octanol–water partition coefficient (Wildman–Crippen LogP) is 4.64. The summed E-state index contributed by atoms with van der Waals surface area (Å²) < 4.78 is 7.18. The lowest BCUT2D eigenvalue weighted by molar-refractivity contribution is 0.306. The number of rotatable bonds is 3. The standard InChI is InChI=1S/C23H24N2O2/c1-23(2)14-24-22-21(17-9-11-18(27-3)12-10-17)19(13-20(26)25(22)15-23)16-7-5-4-6-8-16/h4-13,24H,14-15H2,1-3H3. The Kier molecular flexibility index (Phi) is 4.27. The molecule has 0 radical (unpaired) electrons. The molecule has 0 saturated heterocycles. The second-order valence-electron chi connectivity index (χ2n) is 7.82. The van der Waals surface area contributed by atoms with Gasteiger partial charge in [-0.15, -0.1) is 0 Å². The van der Waals surface area contributed by atoms with E-state index >= 15 is 0 Å². The van der Waals surface area contributed by atoms with E-state index in [9.17, 15) is 4.79 Å². The van der Waals surface area contributed by atoms with Gasteiger partial charge in [-0.1, -0.05) is 56.3 Å². The maximum atomic E-state index is 12.9. The van der Waals surface area contributed by atoms with Crippen LogP contribution in [0.15, 0.2) is 65.5 Å². The Morgan fingerprint density at radius 3 is 2.37 bits per heavy atom. The maximum Gasteiger partial charge on any atom is 0.252 e. The van der Waals surface area contributed by atoms with Crippen LogP contribution in [-0.2, 0) is 6.54 Å². The van der Waals surface area contributed by atoms with E-state index in [-0.39, 0.29) is 11.0 Å². The van der Waals surface area contributed by atoms with E-state index in [0.717, 1.165) is 40.4 Å². The Labute approximate surface area is 159 Å².